The minimum absolute atomic E-state index is 0.0489. The molecule has 3 saturated heterocycles. The fraction of sp³-hybridized carbons (Fsp3) is 0.621. The van der Waals surface area contributed by atoms with Crippen molar-refractivity contribution >= 4 is 47.1 Å². The van der Waals surface area contributed by atoms with Crippen LogP contribution >= 0.6 is 0 Å². The standard InChI is InChI=1S/C58H89N9O15/c1-6-16-34(7-2)28-35(8-3)17-14-12-10-11-13-15-18-39(69)29-37-27-33(5)52(61-25-24-59)65-56(80)49-43(72)23-26-66(49)57(81)47(44(73)31-45(60)74)63-55(79)48(51(76)50(75)36-19-21-38(68)22-20-36)64-54(78)41-30-40(70)32-67(41)58(82)46(42(71)9-4)62-53(37)77/h6-9,19-22,33-35,37,40-44,46-52,61,68,70-73,75-76H,1-4,10-18,23-32,59H2,5H3,(H2,60,74)(H,62,77)(H,63,79)(H,64,78)(H,65,80). The summed E-state index contributed by atoms with van der Waals surface area (Å²) in [4.78, 5) is 115. The number of amides is 7. The molecule has 3 aliphatic rings. The molecule has 0 radical (unpaired) electrons. The van der Waals surface area contributed by atoms with Gasteiger partial charge in [0.05, 0.1) is 30.9 Å². The summed E-state index contributed by atoms with van der Waals surface area (Å²) in [6.45, 7) is 16.3. The van der Waals surface area contributed by atoms with Gasteiger partial charge in [-0.3, -0.25) is 43.7 Å². The van der Waals surface area contributed by atoms with Gasteiger partial charge in [0.15, 0.2) is 0 Å². The largest absolute Gasteiger partial charge is 0.508 e. The van der Waals surface area contributed by atoms with E-state index in [-0.39, 0.29) is 62.4 Å². The van der Waals surface area contributed by atoms with Crippen LogP contribution in [0.1, 0.15) is 115 Å². The molecule has 7 amide bonds. The van der Waals surface area contributed by atoms with Crippen LogP contribution in [-0.2, 0) is 38.4 Å². The Morgan fingerprint density at radius 3 is 2.01 bits per heavy atom. The summed E-state index contributed by atoms with van der Waals surface area (Å²) in [6, 6.07) is -5.16. The Bertz CT molecular complexity index is 2360. The number of allylic oxidation sites excluding steroid dienone is 3. The first-order valence-electron chi connectivity index (χ1n) is 28.4. The lowest BCUT2D eigenvalue weighted by Crippen LogP contribution is -2.65. The summed E-state index contributed by atoms with van der Waals surface area (Å²) in [7, 11) is 0. The van der Waals surface area contributed by atoms with E-state index in [4.69, 9.17) is 11.5 Å². The monoisotopic (exact) mass is 1150 g/mol. The number of Topliss-reactive ketones (excluding diaryl/α,β-unsaturated/α-hetero) is 1. The van der Waals surface area contributed by atoms with Crippen molar-refractivity contribution in [3.63, 3.8) is 0 Å². The third-order valence-corrected chi connectivity index (χ3v) is 15.7. The van der Waals surface area contributed by atoms with Crippen LogP contribution in [0.15, 0.2) is 74.9 Å². The molecule has 1 aromatic rings. The summed E-state index contributed by atoms with van der Waals surface area (Å²) in [5.41, 5.74) is 11.2. The van der Waals surface area contributed by atoms with Crippen molar-refractivity contribution in [1.82, 2.24) is 36.4 Å². The average molecular weight is 1150 g/mol. The second-order valence-corrected chi connectivity index (χ2v) is 22.0. The lowest BCUT2D eigenvalue weighted by Gasteiger charge is -2.35. The van der Waals surface area contributed by atoms with Crippen molar-refractivity contribution in [1.29, 1.82) is 0 Å². The first kappa shape index (κ1) is 68.1. The maximum absolute atomic E-state index is 14.7. The number of phenolic OH excluding ortho intramolecular Hbond substituents is 1. The number of phenols is 1. The number of ketones is 1. The average Bonchev–Trinajstić information content (AvgIpc) is 4.20. The van der Waals surface area contributed by atoms with Crippen molar-refractivity contribution in [2.24, 2.45) is 35.1 Å². The molecule has 4 rings (SSSR count). The molecule has 0 bridgehead atoms. The van der Waals surface area contributed by atoms with Crippen LogP contribution in [-0.4, -0.2) is 186 Å². The van der Waals surface area contributed by atoms with E-state index in [2.05, 4.69) is 52.9 Å². The first-order chi connectivity index (χ1) is 39.0. The van der Waals surface area contributed by atoms with Crippen LogP contribution in [0.3, 0.4) is 0 Å². The normalized spacial score (nSPS) is 27.4. The number of primary amides is 1. The van der Waals surface area contributed by atoms with Gasteiger partial charge < -0.3 is 78.3 Å². The highest BCUT2D eigenvalue weighted by molar-refractivity contribution is 5.98. The van der Waals surface area contributed by atoms with E-state index >= 15 is 0 Å². The number of carbonyl (C=O) groups excluding carboxylic acids is 8. The smallest absolute Gasteiger partial charge is 0.248 e. The number of aliphatic hydroxyl groups is 6. The minimum Gasteiger partial charge on any atom is -0.508 e. The van der Waals surface area contributed by atoms with Gasteiger partial charge in [-0.25, -0.2) is 0 Å². The maximum atomic E-state index is 14.7. The van der Waals surface area contributed by atoms with Crippen molar-refractivity contribution in [3.8, 4) is 5.75 Å². The Balaban J connectivity index is 1.73. The summed E-state index contributed by atoms with van der Waals surface area (Å²) in [5, 5.41) is 91.0. The van der Waals surface area contributed by atoms with E-state index in [1.807, 2.05) is 18.2 Å². The summed E-state index contributed by atoms with van der Waals surface area (Å²) in [5.74, 6) is -9.89. The van der Waals surface area contributed by atoms with E-state index in [1.165, 1.54) is 12.1 Å². The number of aromatic hydroxyl groups is 1. The molecule has 456 valence electrons. The van der Waals surface area contributed by atoms with Crippen molar-refractivity contribution in [3.05, 3.63) is 80.4 Å². The maximum Gasteiger partial charge on any atom is 0.248 e. The van der Waals surface area contributed by atoms with Gasteiger partial charge in [-0.15, -0.1) is 26.3 Å². The number of benzene rings is 1. The van der Waals surface area contributed by atoms with Gasteiger partial charge in [-0.2, -0.15) is 0 Å². The lowest BCUT2D eigenvalue weighted by atomic mass is 9.87. The Hall–Kier alpha value is -6.38. The number of fused-ring (bicyclic) bond motifs is 2. The zero-order valence-electron chi connectivity index (χ0n) is 47.1. The van der Waals surface area contributed by atoms with Gasteiger partial charge in [-0.05, 0) is 74.0 Å². The van der Waals surface area contributed by atoms with Crippen LogP contribution in [0.5, 0.6) is 5.75 Å². The van der Waals surface area contributed by atoms with Crippen LogP contribution in [0.25, 0.3) is 0 Å². The van der Waals surface area contributed by atoms with E-state index in [9.17, 15) is 74.1 Å². The fourth-order valence-corrected chi connectivity index (χ4v) is 11.0. The van der Waals surface area contributed by atoms with Gasteiger partial charge in [0.25, 0.3) is 0 Å². The number of nitrogens with zero attached hydrogens (tertiary/aromatic N) is 2. The number of nitrogens with one attached hydrogen (secondary N) is 5. The van der Waals surface area contributed by atoms with Crippen LogP contribution in [0.2, 0.25) is 0 Å². The number of hydrogen-bond acceptors (Lipinski definition) is 17. The summed E-state index contributed by atoms with van der Waals surface area (Å²) in [6.07, 6.45) is 0.189. The van der Waals surface area contributed by atoms with Crippen LogP contribution < -0.4 is 38.1 Å². The topological polar surface area (TPSA) is 397 Å². The number of aliphatic hydroxyl groups excluding tert-OH is 6. The number of rotatable bonds is 28. The predicted molar refractivity (Wildman–Crippen MR) is 303 cm³/mol. The van der Waals surface area contributed by atoms with E-state index in [0.29, 0.717) is 18.3 Å². The molecule has 0 saturated carbocycles. The number of nitrogens with two attached hydrogens (primary N) is 2. The molecule has 24 heteroatoms. The van der Waals surface area contributed by atoms with Gasteiger partial charge in [0.1, 0.15) is 60.1 Å². The Morgan fingerprint density at radius 2 is 1.39 bits per heavy atom. The molecule has 16 N–H and O–H groups in total. The number of unbranched alkanes of at least 4 members (excludes halogenated alkanes) is 5. The van der Waals surface area contributed by atoms with Gasteiger partial charge >= 0.3 is 0 Å². The van der Waals surface area contributed by atoms with E-state index in [1.54, 1.807) is 6.92 Å². The SMILES string of the molecule is C=CCC(C=C)CC(C=C)CCCCCCCCC(=O)CC1CC(C)C(NCCN)NC(=O)C2C(O)CCN2C(=O)C(C(O)CC(N)=O)NC(=O)C(C(O)C(O)c2ccc(O)cc2)NC(=O)C2CC(O)CN2C(=O)C(C(O)C=C)NC1=O. The predicted octanol–water partition coefficient (Wildman–Crippen LogP) is -0.755. The van der Waals surface area contributed by atoms with Crippen LogP contribution in [0.4, 0.5) is 0 Å². The number of carbonyl (C=O) groups is 8. The van der Waals surface area contributed by atoms with E-state index in [0.717, 1.165) is 79.4 Å². The number of hydrogen-bond donors (Lipinski definition) is 14. The molecular weight excluding hydrogens is 1060 g/mol. The van der Waals surface area contributed by atoms with Crippen molar-refractivity contribution in [2.75, 3.05) is 26.2 Å². The molecule has 3 heterocycles. The molecule has 82 heavy (non-hydrogen) atoms. The third-order valence-electron chi connectivity index (χ3n) is 15.7. The summed E-state index contributed by atoms with van der Waals surface area (Å²) >= 11 is 0. The van der Waals surface area contributed by atoms with Gasteiger partial charge in [0, 0.05) is 51.4 Å². The molecule has 16 unspecified atom stereocenters. The molecular formula is C58H89N9O15. The van der Waals surface area contributed by atoms with Gasteiger partial charge in [0.2, 0.25) is 41.4 Å². The van der Waals surface area contributed by atoms with Crippen molar-refractivity contribution in [2.45, 2.75) is 176 Å². The second kappa shape index (κ2) is 33.7. The molecule has 0 aromatic heterocycles. The van der Waals surface area contributed by atoms with Crippen molar-refractivity contribution < 1.29 is 74.1 Å². The molecule has 3 fully saturated rings. The molecule has 0 spiro atoms. The van der Waals surface area contributed by atoms with Crippen LogP contribution in [0, 0.1) is 23.7 Å². The van der Waals surface area contributed by atoms with E-state index < -0.39 is 146 Å². The third kappa shape index (κ3) is 19.6. The molecule has 1 aromatic carbocycles. The Morgan fingerprint density at radius 1 is 0.768 bits per heavy atom. The summed E-state index contributed by atoms with van der Waals surface area (Å²) < 4.78 is 0. The molecule has 16 atom stereocenters. The highest BCUT2D eigenvalue weighted by Gasteiger charge is 2.49. The zero-order valence-corrected chi connectivity index (χ0v) is 47.1. The second-order valence-electron chi connectivity index (χ2n) is 22.0. The zero-order chi connectivity index (χ0) is 60.8. The lowest BCUT2D eigenvalue weighted by molar-refractivity contribution is -0.148. The molecule has 3 aliphatic heterocycles. The highest BCUT2D eigenvalue weighted by atomic mass is 16.3. The first-order valence-corrected chi connectivity index (χ1v) is 28.4. The molecule has 24 nitrogen and oxygen atoms in total. The minimum atomic E-state index is -2.34. The Kier molecular flexibility index (Phi) is 28.0. The quantitative estimate of drug-likeness (QED) is 0.0362. The fourth-order valence-electron chi connectivity index (χ4n) is 11.0. The Labute approximate surface area is 479 Å². The highest BCUT2D eigenvalue weighted by Crippen LogP contribution is 2.29. The van der Waals surface area contributed by atoms with Gasteiger partial charge in [-0.1, -0.05) is 75.5 Å². The molecule has 0 aliphatic carbocycles.